The highest BCUT2D eigenvalue weighted by Crippen LogP contribution is 2.32. The molecule has 1 aliphatic carbocycles. The number of carbonyl (C=O) groups excluding carboxylic acids is 4. The minimum atomic E-state index is -0.758. The molecule has 166 valence electrons. The average molecular weight is 445 g/mol. The molecule has 1 N–H and O–H groups in total. The summed E-state index contributed by atoms with van der Waals surface area (Å²) >= 11 is 0. The molecule has 3 aromatic carbocycles. The van der Waals surface area contributed by atoms with Crippen molar-refractivity contribution in [3.63, 3.8) is 0 Å². The third-order valence-electron chi connectivity index (χ3n) is 5.01. The fraction of sp³-hybridized carbons (Fsp3) is 0.120. The van der Waals surface area contributed by atoms with Crippen molar-refractivity contribution in [2.45, 2.75) is 0 Å². The Labute approximate surface area is 189 Å². The molecule has 0 aliphatic heterocycles. The molecule has 8 nitrogen and oxygen atoms in total. The Kier molecular flexibility index (Phi) is 6.17. The number of hydrogen-bond donors (Lipinski definition) is 1. The molecule has 0 fully saturated rings. The monoisotopic (exact) mass is 445 g/mol. The number of esters is 1. The van der Waals surface area contributed by atoms with Gasteiger partial charge in [-0.3, -0.25) is 14.4 Å². The molecule has 3 aromatic rings. The Bertz CT molecular complexity index is 1270. The van der Waals surface area contributed by atoms with Gasteiger partial charge in [-0.2, -0.15) is 0 Å². The first kappa shape index (κ1) is 21.8. The molecule has 0 radical (unpaired) electrons. The van der Waals surface area contributed by atoms with Crippen LogP contribution in [-0.4, -0.2) is 43.8 Å². The summed E-state index contributed by atoms with van der Waals surface area (Å²) in [6.45, 7) is -1.01. The first-order valence-electron chi connectivity index (χ1n) is 10.0. The smallest absolute Gasteiger partial charge is 0.344 e. The van der Waals surface area contributed by atoms with Crippen LogP contribution in [0.25, 0.3) is 0 Å². The van der Waals surface area contributed by atoms with Gasteiger partial charge in [-0.1, -0.05) is 48.5 Å². The van der Waals surface area contributed by atoms with E-state index in [1.165, 1.54) is 19.2 Å². The van der Waals surface area contributed by atoms with Gasteiger partial charge in [0.1, 0.15) is 0 Å². The number of carbonyl (C=O) groups is 4. The summed E-state index contributed by atoms with van der Waals surface area (Å²) in [6, 6.07) is 17.9. The molecule has 33 heavy (non-hydrogen) atoms. The van der Waals surface area contributed by atoms with E-state index >= 15 is 0 Å². The lowest BCUT2D eigenvalue weighted by Gasteiger charge is -2.20. The van der Waals surface area contributed by atoms with Crippen LogP contribution in [0, 0.1) is 0 Å². The number of rotatable bonds is 7. The van der Waals surface area contributed by atoms with Crippen molar-refractivity contribution in [1.82, 2.24) is 0 Å². The van der Waals surface area contributed by atoms with Crippen LogP contribution in [0.3, 0.4) is 0 Å². The second-order valence-electron chi connectivity index (χ2n) is 7.08. The standard InChI is InChI=1S/C25H19NO7/c1-31-19-11-4-5-12-20(19)32-14-22(28)33-13-21(27)26-18-10-6-9-17-23(18)25(30)16-8-3-2-7-15(16)24(17)29/h2-12H,13-14H2,1H3,(H,26,27). The quantitative estimate of drug-likeness (QED) is 0.436. The number of fused-ring (bicyclic) bond motifs is 2. The van der Waals surface area contributed by atoms with E-state index in [1.807, 2.05) is 0 Å². The Balaban J connectivity index is 1.39. The minimum absolute atomic E-state index is 0.111. The maximum absolute atomic E-state index is 13.0. The summed E-state index contributed by atoms with van der Waals surface area (Å²) in [5, 5.41) is 2.55. The van der Waals surface area contributed by atoms with E-state index in [-0.39, 0.29) is 33.9 Å². The largest absolute Gasteiger partial charge is 0.493 e. The summed E-state index contributed by atoms with van der Waals surface area (Å²) in [4.78, 5) is 50.1. The van der Waals surface area contributed by atoms with Gasteiger partial charge in [-0.15, -0.1) is 0 Å². The molecule has 0 atom stereocenters. The zero-order valence-corrected chi connectivity index (χ0v) is 17.6. The summed E-state index contributed by atoms with van der Waals surface area (Å²) in [5.41, 5.74) is 1.09. The van der Waals surface area contributed by atoms with E-state index in [9.17, 15) is 19.2 Å². The number of hydrogen-bond acceptors (Lipinski definition) is 7. The molecule has 1 amide bonds. The maximum atomic E-state index is 13.0. The van der Waals surface area contributed by atoms with Gasteiger partial charge < -0.3 is 19.5 Å². The van der Waals surface area contributed by atoms with Crippen LogP contribution in [0.2, 0.25) is 0 Å². The van der Waals surface area contributed by atoms with Crippen LogP contribution in [0.4, 0.5) is 5.69 Å². The maximum Gasteiger partial charge on any atom is 0.344 e. The molecule has 0 bridgehead atoms. The molecular weight excluding hydrogens is 426 g/mol. The van der Waals surface area contributed by atoms with E-state index in [0.29, 0.717) is 17.1 Å². The molecule has 0 heterocycles. The van der Waals surface area contributed by atoms with E-state index in [2.05, 4.69) is 5.32 Å². The van der Waals surface area contributed by atoms with Gasteiger partial charge in [0.15, 0.2) is 36.3 Å². The molecule has 0 unspecified atom stereocenters. The van der Waals surface area contributed by atoms with Crippen molar-refractivity contribution in [2.75, 3.05) is 25.6 Å². The van der Waals surface area contributed by atoms with Gasteiger partial charge in [-0.25, -0.2) is 4.79 Å². The summed E-state index contributed by atoms with van der Waals surface area (Å²) in [5.74, 6) is -1.26. The number of benzene rings is 3. The van der Waals surface area contributed by atoms with Crippen LogP contribution < -0.4 is 14.8 Å². The van der Waals surface area contributed by atoms with Crippen molar-refractivity contribution >= 4 is 29.1 Å². The second-order valence-corrected chi connectivity index (χ2v) is 7.08. The molecular formula is C25H19NO7. The lowest BCUT2D eigenvalue weighted by Crippen LogP contribution is -2.26. The van der Waals surface area contributed by atoms with Crippen molar-refractivity contribution < 1.29 is 33.4 Å². The Hall–Kier alpha value is -4.46. The topological polar surface area (TPSA) is 108 Å². The molecule has 0 saturated heterocycles. The fourth-order valence-electron chi connectivity index (χ4n) is 3.50. The van der Waals surface area contributed by atoms with Crippen LogP contribution in [0.1, 0.15) is 31.8 Å². The van der Waals surface area contributed by atoms with Crippen molar-refractivity contribution in [1.29, 1.82) is 0 Å². The zero-order valence-electron chi connectivity index (χ0n) is 17.6. The van der Waals surface area contributed by atoms with Gasteiger partial charge in [0.25, 0.3) is 5.91 Å². The third kappa shape index (κ3) is 4.45. The molecule has 4 rings (SSSR count). The average Bonchev–Trinajstić information content (AvgIpc) is 2.84. The number of ether oxygens (including phenoxy) is 3. The van der Waals surface area contributed by atoms with Crippen molar-refractivity contribution in [2.24, 2.45) is 0 Å². The van der Waals surface area contributed by atoms with Crippen molar-refractivity contribution in [3.05, 3.63) is 89.0 Å². The highest BCUT2D eigenvalue weighted by Gasteiger charge is 2.31. The summed E-state index contributed by atoms with van der Waals surface area (Å²) < 4.78 is 15.4. The number of amides is 1. The van der Waals surface area contributed by atoms with Crippen LogP contribution in [0.15, 0.2) is 66.7 Å². The zero-order chi connectivity index (χ0) is 23.4. The normalized spacial score (nSPS) is 11.8. The third-order valence-corrected chi connectivity index (χ3v) is 5.01. The lowest BCUT2D eigenvalue weighted by atomic mass is 9.83. The Morgan fingerprint density at radius 1 is 0.758 bits per heavy atom. The van der Waals surface area contributed by atoms with Gasteiger partial charge in [0.2, 0.25) is 0 Å². The second kappa shape index (κ2) is 9.35. The van der Waals surface area contributed by atoms with Crippen LogP contribution in [-0.2, 0) is 14.3 Å². The molecule has 1 aliphatic rings. The van der Waals surface area contributed by atoms with E-state index in [1.54, 1.807) is 54.6 Å². The van der Waals surface area contributed by atoms with Crippen LogP contribution >= 0.6 is 0 Å². The van der Waals surface area contributed by atoms with E-state index in [4.69, 9.17) is 14.2 Å². The van der Waals surface area contributed by atoms with Gasteiger partial charge >= 0.3 is 5.97 Å². The lowest BCUT2D eigenvalue weighted by molar-refractivity contribution is -0.149. The predicted octanol–water partition coefficient (Wildman–Crippen LogP) is 3.03. The fourth-order valence-corrected chi connectivity index (χ4v) is 3.50. The highest BCUT2D eigenvalue weighted by atomic mass is 16.6. The number of para-hydroxylation sites is 2. The SMILES string of the molecule is COc1ccccc1OCC(=O)OCC(=O)Nc1cccc2c1C(=O)c1ccccc1C2=O. The molecule has 0 saturated carbocycles. The van der Waals surface area contributed by atoms with Gasteiger partial charge in [-0.05, 0) is 18.2 Å². The van der Waals surface area contributed by atoms with E-state index < -0.39 is 25.1 Å². The number of nitrogens with one attached hydrogen (secondary N) is 1. The number of ketones is 2. The number of anilines is 1. The number of methoxy groups -OCH3 is 1. The van der Waals surface area contributed by atoms with Crippen molar-refractivity contribution in [3.8, 4) is 11.5 Å². The Morgan fingerprint density at radius 2 is 1.39 bits per heavy atom. The molecule has 8 heteroatoms. The van der Waals surface area contributed by atoms with Crippen LogP contribution in [0.5, 0.6) is 11.5 Å². The van der Waals surface area contributed by atoms with E-state index in [0.717, 1.165) is 0 Å². The molecule has 0 spiro atoms. The molecule has 0 aromatic heterocycles. The first-order valence-corrected chi connectivity index (χ1v) is 10.0. The highest BCUT2D eigenvalue weighted by molar-refractivity contribution is 6.30. The first-order chi connectivity index (χ1) is 16.0. The summed E-state index contributed by atoms with van der Waals surface area (Å²) in [7, 11) is 1.48. The minimum Gasteiger partial charge on any atom is -0.493 e. The summed E-state index contributed by atoms with van der Waals surface area (Å²) in [6.07, 6.45) is 0. The predicted molar refractivity (Wildman–Crippen MR) is 118 cm³/mol. The van der Waals surface area contributed by atoms with Gasteiger partial charge in [0, 0.05) is 16.7 Å². The Morgan fingerprint density at radius 3 is 2.12 bits per heavy atom. The van der Waals surface area contributed by atoms with Gasteiger partial charge in [0.05, 0.1) is 18.4 Å².